The molecule has 1 heterocycles. The normalized spacial score (nSPS) is 14.5. The van der Waals surface area contributed by atoms with Gasteiger partial charge in [0, 0.05) is 10.5 Å². The van der Waals surface area contributed by atoms with Crippen molar-refractivity contribution in [1.82, 2.24) is 5.32 Å². The Balaban J connectivity index is 1.54. The second-order valence-electron chi connectivity index (χ2n) is 4.89. The van der Waals surface area contributed by atoms with E-state index in [0.717, 1.165) is 12.3 Å². The van der Waals surface area contributed by atoms with E-state index in [2.05, 4.69) is 21.2 Å². The van der Waals surface area contributed by atoms with Gasteiger partial charge in [0.15, 0.2) is 11.6 Å². The number of nitrogens with one attached hydrogen (secondary N) is 1. The summed E-state index contributed by atoms with van der Waals surface area (Å²) in [6, 6.07) is 9.15. The van der Waals surface area contributed by atoms with Crippen LogP contribution in [0.15, 0.2) is 39.2 Å². The first-order valence-electron chi connectivity index (χ1n) is 6.59. The van der Waals surface area contributed by atoms with Crippen LogP contribution in [-0.2, 0) is 13.2 Å². The highest BCUT2D eigenvalue weighted by molar-refractivity contribution is 9.10. The molecule has 0 radical (unpaired) electrons. The smallest absolute Gasteiger partial charge is 0.166 e. The predicted octanol–water partition coefficient (Wildman–Crippen LogP) is 4.01. The molecular weight excluding hydrogens is 325 g/mol. The van der Waals surface area contributed by atoms with E-state index in [4.69, 9.17) is 9.15 Å². The van der Waals surface area contributed by atoms with Gasteiger partial charge in [0.1, 0.15) is 18.1 Å². The second kappa shape index (κ2) is 5.97. The lowest BCUT2D eigenvalue weighted by molar-refractivity contribution is 0.254. The van der Waals surface area contributed by atoms with E-state index in [1.54, 1.807) is 12.1 Å². The maximum absolute atomic E-state index is 13.6. The Hall–Kier alpha value is -1.33. The Morgan fingerprint density at radius 3 is 2.80 bits per heavy atom. The molecule has 0 spiro atoms. The Labute approximate surface area is 125 Å². The van der Waals surface area contributed by atoms with Gasteiger partial charge in [-0.05, 0) is 43.2 Å². The number of hydrogen-bond donors (Lipinski definition) is 1. The molecule has 1 aromatic carbocycles. The lowest BCUT2D eigenvalue weighted by atomic mass is 10.3. The number of hydrogen-bond acceptors (Lipinski definition) is 3. The fraction of sp³-hybridized carbons (Fsp3) is 0.333. The van der Waals surface area contributed by atoms with Crippen LogP contribution in [0.25, 0.3) is 0 Å². The summed E-state index contributed by atoms with van der Waals surface area (Å²) < 4.78 is 25.3. The molecule has 0 amide bonds. The van der Waals surface area contributed by atoms with Gasteiger partial charge in [-0.1, -0.05) is 15.9 Å². The highest BCUT2D eigenvalue weighted by Crippen LogP contribution is 2.23. The Morgan fingerprint density at radius 2 is 2.05 bits per heavy atom. The number of benzene rings is 1. The number of rotatable bonds is 6. The summed E-state index contributed by atoms with van der Waals surface area (Å²) in [4.78, 5) is 0. The summed E-state index contributed by atoms with van der Waals surface area (Å²) in [5.41, 5.74) is 0. The van der Waals surface area contributed by atoms with Crippen LogP contribution < -0.4 is 10.1 Å². The third kappa shape index (κ3) is 3.61. The van der Waals surface area contributed by atoms with Gasteiger partial charge < -0.3 is 14.5 Å². The molecule has 1 aliphatic rings. The number of ether oxygens (including phenoxy) is 1. The lowest BCUT2D eigenvalue weighted by Crippen LogP contribution is -2.14. The van der Waals surface area contributed by atoms with Crippen molar-refractivity contribution in [1.29, 1.82) is 0 Å². The predicted molar refractivity (Wildman–Crippen MR) is 77.0 cm³/mol. The fourth-order valence-electron chi connectivity index (χ4n) is 1.87. The molecule has 1 saturated carbocycles. The highest BCUT2D eigenvalue weighted by Gasteiger charge is 2.20. The van der Waals surface area contributed by atoms with E-state index in [9.17, 15) is 4.39 Å². The first-order chi connectivity index (χ1) is 9.70. The van der Waals surface area contributed by atoms with Crippen molar-refractivity contribution in [3.05, 3.63) is 52.1 Å². The summed E-state index contributed by atoms with van der Waals surface area (Å²) in [5.74, 6) is 1.41. The number of furan rings is 1. The SMILES string of the molecule is Fc1cc(Br)ccc1OCc1ccc(CNC2CC2)o1. The summed E-state index contributed by atoms with van der Waals surface area (Å²) in [6.07, 6.45) is 2.50. The summed E-state index contributed by atoms with van der Waals surface area (Å²) in [6.45, 7) is 0.958. The lowest BCUT2D eigenvalue weighted by Gasteiger charge is -2.05. The maximum Gasteiger partial charge on any atom is 0.166 e. The van der Waals surface area contributed by atoms with Crippen molar-refractivity contribution in [2.24, 2.45) is 0 Å². The van der Waals surface area contributed by atoms with E-state index in [1.165, 1.54) is 18.9 Å². The molecular formula is C15H15BrFNO2. The van der Waals surface area contributed by atoms with E-state index in [0.29, 0.717) is 16.3 Å². The minimum Gasteiger partial charge on any atom is -0.483 e. The van der Waals surface area contributed by atoms with Gasteiger partial charge in [0.25, 0.3) is 0 Å². The van der Waals surface area contributed by atoms with Crippen molar-refractivity contribution in [3.63, 3.8) is 0 Å². The average Bonchev–Trinajstić information content (AvgIpc) is 3.14. The molecule has 2 aromatic rings. The standard InChI is InChI=1S/C15H15BrFNO2/c16-10-1-6-15(14(17)7-10)19-9-13-5-4-12(20-13)8-18-11-2-3-11/h1,4-7,11,18H,2-3,8-9H2. The molecule has 0 saturated heterocycles. The minimum atomic E-state index is -0.387. The number of halogens is 2. The highest BCUT2D eigenvalue weighted by atomic mass is 79.9. The molecule has 0 atom stereocenters. The van der Waals surface area contributed by atoms with Gasteiger partial charge in [-0.3, -0.25) is 0 Å². The van der Waals surface area contributed by atoms with Crippen molar-refractivity contribution in [2.75, 3.05) is 0 Å². The quantitative estimate of drug-likeness (QED) is 0.863. The zero-order valence-corrected chi connectivity index (χ0v) is 12.5. The van der Waals surface area contributed by atoms with Gasteiger partial charge in [0.2, 0.25) is 0 Å². The molecule has 20 heavy (non-hydrogen) atoms. The molecule has 0 bridgehead atoms. The zero-order valence-electron chi connectivity index (χ0n) is 10.9. The third-order valence-corrected chi connectivity index (χ3v) is 3.62. The first-order valence-corrected chi connectivity index (χ1v) is 7.39. The zero-order chi connectivity index (χ0) is 13.9. The molecule has 3 rings (SSSR count). The molecule has 0 aliphatic heterocycles. The Bertz CT molecular complexity index is 595. The molecule has 5 heteroatoms. The monoisotopic (exact) mass is 339 g/mol. The second-order valence-corrected chi connectivity index (χ2v) is 5.80. The van der Waals surface area contributed by atoms with Gasteiger partial charge in [-0.2, -0.15) is 0 Å². The first kappa shape index (κ1) is 13.6. The van der Waals surface area contributed by atoms with E-state index < -0.39 is 0 Å². The Kier molecular flexibility index (Phi) is 4.08. The van der Waals surface area contributed by atoms with E-state index in [-0.39, 0.29) is 18.2 Å². The molecule has 1 aliphatic carbocycles. The van der Waals surface area contributed by atoms with Crippen LogP contribution in [0, 0.1) is 5.82 Å². The largest absolute Gasteiger partial charge is 0.483 e. The van der Waals surface area contributed by atoms with Crippen LogP contribution in [0.1, 0.15) is 24.4 Å². The van der Waals surface area contributed by atoms with Crippen molar-refractivity contribution in [3.8, 4) is 5.75 Å². The summed E-state index contributed by atoms with van der Waals surface area (Å²) >= 11 is 3.21. The average molecular weight is 340 g/mol. The van der Waals surface area contributed by atoms with Gasteiger partial charge in [0.05, 0.1) is 6.54 Å². The summed E-state index contributed by atoms with van der Waals surface area (Å²) in [5, 5.41) is 3.38. The third-order valence-electron chi connectivity index (χ3n) is 3.12. The van der Waals surface area contributed by atoms with Gasteiger partial charge in [-0.15, -0.1) is 0 Å². The van der Waals surface area contributed by atoms with Gasteiger partial charge in [-0.25, -0.2) is 4.39 Å². The van der Waals surface area contributed by atoms with Crippen molar-refractivity contribution in [2.45, 2.75) is 32.0 Å². The molecule has 0 unspecified atom stereocenters. The van der Waals surface area contributed by atoms with Crippen LogP contribution in [0.2, 0.25) is 0 Å². The molecule has 106 valence electrons. The van der Waals surface area contributed by atoms with Crippen LogP contribution in [0.3, 0.4) is 0 Å². The molecule has 1 fully saturated rings. The van der Waals surface area contributed by atoms with Crippen LogP contribution in [-0.4, -0.2) is 6.04 Å². The van der Waals surface area contributed by atoms with E-state index in [1.807, 2.05) is 12.1 Å². The Morgan fingerprint density at radius 1 is 1.25 bits per heavy atom. The van der Waals surface area contributed by atoms with E-state index >= 15 is 0 Å². The van der Waals surface area contributed by atoms with Crippen molar-refractivity contribution >= 4 is 15.9 Å². The van der Waals surface area contributed by atoms with Crippen molar-refractivity contribution < 1.29 is 13.5 Å². The van der Waals surface area contributed by atoms with Crippen LogP contribution in [0.5, 0.6) is 5.75 Å². The molecule has 1 N–H and O–H groups in total. The van der Waals surface area contributed by atoms with Gasteiger partial charge >= 0.3 is 0 Å². The topological polar surface area (TPSA) is 34.4 Å². The minimum absolute atomic E-state index is 0.224. The summed E-state index contributed by atoms with van der Waals surface area (Å²) in [7, 11) is 0. The molecule has 3 nitrogen and oxygen atoms in total. The fourth-order valence-corrected chi connectivity index (χ4v) is 2.20. The maximum atomic E-state index is 13.6. The van der Waals surface area contributed by atoms with Crippen LogP contribution >= 0.6 is 15.9 Å². The van der Waals surface area contributed by atoms with Crippen LogP contribution in [0.4, 0.5) is 4.39 Å². The molecule has 1 aromatic heterocycles.